The number of rotatable bonds is 10. The average Bonchev–Trinajstić information content (AvgIpc) is 3.39. The Balaban J connectivity index is 1.53. The largest absolute Gasteiger partial charge is 0.493 e. The van der Waals surface area contributed by atoms with Gasteiger partial charge in [0.25, 0.3) is 5.91 Å². The third kappa shape index (κ3) is 6.54. The monoisotopic (exact) mass is 571 g/mol. The maximum absolute atomic E-state index is 12.7. The van der Waals surface area contributed by atoms with Gasteiger partial charge in [-0.05, 0) is 42.0 Å². The number of carbonyl (C=O) groups is 1. The van der Waals surface area contributed by atoms with Gasteiger partial charge in [-0.1, -0.05) is 42.1 Å². The fourth-order valence-electron chi connectivity index (χ4n) is 3.67. The highest BCUT2D eigenvalue weighted by molar-refractivity contribution is 7.99. The molecule has 0 fully saturated rings. The van der Waals surface area contributed by atoms with Gasteiger partial charge in [-0.25, -0.2) is 5.43 Å². The summed E-state index contributed by atoms with van der Waals surface area (Å²) < 4.78 is 56.3. The molecule has 3 aromatic carbocycles. The van der Waals surface area contributed by atoms with Crippen molar-refractivity contribution < 1.29 is 32.2 Å². The predicted molar refractivity (Wildman–Crippen MR) is 144 cm³/mol. The minimum atomic E-state index is -4.42. The van der Waals surface area contributed by atoms with Crippen LogP contribution in [0.15, 0.2) is 77.0 Å². The molecule has 0 aliphatic heterocycles. The molecule has 0 radical (unpaired) electrons. The molecule has 1 aromatic heterocycles. The second-order valence-electron chi connectivity index (χ2n) is 8.09. The summed E-state index contributed by atoms with van der Waals surface area (Å²) in [4.78, 5) is 12.5. The van der Waals surface area contributed by atoms with Gasteiger partial charge in [0.1, 0.15) is 0 Å². The maximum atomic E-state index is 12.7. The van der Waals surface area contributed by atoms with Gasteiger partial charge in [0.2, 0.25) is 5.75 Å². The number of ether oxygens (including phenoxy) is 3. The van der Waals surface area contributed by atoms with E-state index in [0.29, 0.717) is 39.4 Å². The van der Waals surface area contributed by atoms with Crippen molar-refractivity contribution in [2.45, 2.75) is 11.3 Å². The number of hydrazone groups is 1. The van der Waals surface area contributed by atoms with Crippen molar-refractivity contribution in [2.24, 2.45) is 5.10 Å². The van der Waals surface area contributed by atoms with E-state index in [4.69, 9.17) is 14.2 Å². The van der Waals surface area contributed by atoms with E-state index in [9.17, 15) is 18.0 Å². The van der Waals surface area contributed by atoms with Gasteiger partial charge >= 0.3 is 6.18 Å². The van der Waals surface area contributed by atoms with Crippen LogP contribution in [0.25, 0.3) is 17.1 Å². The number of amides is 1. The highest BCUT2D eigenvalue weighted by atomic mass is 32.2. The molecule has 4 aromatic rings. The molecule has 9 nitrogen and oxygen atoms in total. The predicted octanol–water partition coefficient (Wildman–Crippen LogP) is 5.22. The number of benzene rings is 3. The lowest BCUT2D eigenvalue weighted by molar-refractivity contribution is -0.137. The van der Waals surface area contributed by atoms with Crippen LogP contribution in [-0.4, -0.2) is 54.0 Å². The molecule has 0 spiro atoms. The lowest BCUT2D eigenvalue weighted by Gasteiger charge is -2.15. The summed E-state index contributed by atoms with van der Waals surface area (Å²) in [6.07, 6.45) is -3.16. The van der Waals surface area contributed by atoms with Crippen molar-refractivity contribution in [3.05, 3.63) is 77.9 Å². The van der Waals surface area contributed by atoms with Crippen LogP contribution in [0.4, 0.5) is 13.2 Å². The molecule has 0 unspecified atom stereocenters. The van der Waals surface area contributed by atoms with Crippen LogP contribution in [0.2, 0.25) is 0 Å². The summed E-state index contributed by atoms with van der Waals surface area (Å²) >= 11 is 1.14. The van der Waals surface area contributed by atoms with Crippen molar-refractivity contribution in [1.29, 1.82) is 0 Å². The van der Waals surface area contributed by atoms with Crippen molar-refractivity contribution in [2.75, 3.05) is 27.1 Å². The zero-order valence-electron chi connectivity index (χ0n) is 21.6. The second kappa shape index (κ2) is 12.6. The zero-order chi connectivity index (χ0) is 28.7. The first kappa shape index (κ1) is 28.5. The van der Waals surface area contributed by atoms with E-state index in [1.165, 1.54) is 39.7 Å². The summed E-state index contributed by atoms with van der Waals surface area (Å²) in [5, 5.41) is 12.9. The Labute approximate surface area is 232 Å². The first-order chi connectivity index (χ1) is 19.2. The van der Waals surface area contributed by atoms with E-state index < -0.39 is 17.6 Å². The first-order valence-corrected chi connectivity index (χ1v) is 12.7. The number of hydrogen-bond donors (Lipinski definition) is 1. The van der Waals surface area contributed by atoms with Crippen molar-refractivity contribution in [3.8, 4) is 34.3 Å². The topological polar surface area (TPSA) is 99.9 Å². The van der Waals surface area contributed by atoms with E-state index in [1.54, 1.807) is 16.7 Å². The fraction of sp³-hybridized carbons (Fsp3) is 0.185. The first-order valence-electron chi connectivity index (χ1n) is 11.7. The van der Waals surface area contributed by atoms with Gasteiger partial charge < -0.3 is 14.2 Å². The molecular formula is C27H24F3N5O4S. The smallest absolute Gasteiger partial charge is 0.416 e. The summed E-state index contributed by atoms with van der Waals surface area (Å²) in [6.45, 7) is 0. The number of hydrogen-bond acceptors (Lipinski definition) is 8. The molecule has 0 atom stereocenters. The molecule has 208 valence electrons. The minimum Gasteiger partial charge on any atom is -0.493 e. The number of alkyl halides is 3. The Morgan fingerprint density at radius 3 is 2.20 bits per heavy atom. The van der Waals surface area contributed by atoms with Crippen LogP contribution in [0.3, 0.4) is 0 Å². The highest BCUT2D eigenvalue weighted by Crippen LogP contribution is 2.41. The summed E-state index contributed by atoms with van der Waals surface area (Å²) in [7, 11) is 4.55. The van der Waals surface area contributed by atoms with Crippen molar-refractivity contribution in [3.63, 3.8) is 0 Å². The SMILES string of the molecule is COc1cc(-c2nnc(SCC(=O)N/N=C\c3ccc(C(F)(F)F)cc3)n2-c2ccccc2)cc(OC)c1OC. The third-order valence-electron chi connectivity index (χ3n) is 5.54. The molecule has 0 saturated carbocycles. The Morgan fingerprint density at radius 1 is 0.975 bits per heavy atom. The number of carbonyl (C=O) groups excluding carboxylic acids is 1. The van der Waals surface area contributed by atoms with E-state index in [1.807, 2.05) is 30.3 Å². The Hall–Kier alpha value is -4.52. The molecule has 0 aliphatic carbocycles. The normalized spacial score (nSPS) is 11.4. The number of methoxy groups -OCH3 is 3. The van der Waals surface area contributed by atoms with E-state index in [2.05, 4.69) is 20.7 Å². The maximum Gasteiger partial charge on any atom is 0.416 e. The zero-order valence-corrected chi connectivity index (χ0v) is 22.4. The summed E-state index contributed by atoms with van der Waals surface area (Å²) in [5.74, 6) is 1.31. The lowest BCUT2D eigenvalue weighted by Crippen LogP contribution is -2.20. The minimum absolute atomic E-state index is 0.0510. The van der Waals surface area contributed by atoms with E-state index >= 15 is 0 Å². The van der Waals surface area contributed by atoms with Gasteiger partial charge in [-0.3, -0.25) is 9.36 Å². The summed E-state index contributed by atoms with van der Waals surface area (Å²) in [5.41, 5.74) is 3.41. The number of aromatic nitrogens is 3. The molecule has 1 heterocycles. The van der Waals surface area contributed by atoms with Crippen LogP contribution in [0.5, 0.6) is 17.2 Å². The molecule has 0 bridgehead atoms. The molecule has 13 heteroatoms. The second-order valence-corrected chi connectivity index (χ2v) is 9.04. The molecular weight excluding hydrogens is 547 g/mol. The third-order valence-corrected chi connectivity index (χ3v) is 6.47. The number of nitrogens with one attached hydrogen (secondary N) is 1. The van der Waals surface area contributed by atoms with Crippen LogP contribution in [0, 0.1) is 0 Å². The van der Waals surface area contributed by atoms with Crippen molar-refractivity contribution in [1.82, 2.24) is 20.2 Å². The van der Waals surface area contributed by atoms with Crippen LogP contribution in [-0.2, 0) is 11.0 Å². The van der Waals surface area contributed by atoms with Crippen LogP contribution >= 0.6 is 11.8 Å². The number of thioether (sulfide) groups is 1. The number of para-hydroxylation sites is 1. The van der Waals surface area contributed by atoms with Gasteiger partial charge in [-0.15, -0.1) is 10.2 Å². The molecule has 40 heavy (non-hydrogen) atoms. The van der Waals surface area contributed by atoms with E-state index in [-0.39, 0.29) is 5.75 Å². The van der Waals surface area contributed by atoms with Crippen LogP contribution in [0.1, 0.15) is 11.1 Å². The molecule has 1 amide bonds. The lowest BCUT2D eigenvalue weighted by atomic mass is 10.1. The summed E-state index contributed by atoms with van der Waals surface area (Å²) in [6, 6.07) is 17.3. The Kier molecular flexibility index (Phi) is 8.94. The standard InChI is InChI=1S/C27H24F3N5O4S/c1-37-21-13-18(14-22(38-2)24(21)39-3)25-33-34-26(35(25)20-7-5-4-6-8-20)40-16-23(36)32-31-15-17-9-11-19(12-10-17)27(28,29)30/h4-15H,16H2,1-3H3,(H,32,36)/b31-15-. The quantitative estimate of drug-likeness (QED) is 0.158. The Morgan fingerprint density at radius 2 is 1.62 bits per heavy atom. The fourth-order valence-corrected chi connectivity index (χ4v) is 4.41. The van der Waals surface area contributed by atoms with Gasteiger partial charge in [0, 0.05) is 11.3 Å². The van der Waals surface area contributed by atoms with E-state index in [0.717, 1.165) is 29.6 Å². The number of halogens is 3. The molecule has 1 N–H and O–H groups in total. The van der Waals surface area contributed by atoms with Gasteiger partial charge in [0.05, 0.1) is 38.9 Å². The molecule has 0 saturated heterocycles. The van der Waals surface area contributed by atoms with Gasteiger partial charge in [-0.2, -0.15) is 18.3 Å². The average molecular weight is 572 g/mol. The van der Waals surface area contributed by atoms with Crippen molar-refractivity contribution >= 4 is 23.9 Å². The number of nitrogens with zero attached hydrogens (tertiary/aromatic N) is 4. The molecule has 4 rings (SSSR count). The Bertz CT molecular complexity index is 1470. The van der Waals surface area contributed by atoms with Crippen LogP contribution < -0.4 is 19.6 Å². The molecule has 0 aliphatic rings. The van der Waals surface area contributed by atoms with Gasteiger partial charge in [0.15, 0.2) is 22.5 Å². The highest BCUT2D eigenvalue weighted by Gasteiger charge is 2.29.